The minimum Gasteiger partial charge on any atom is -0.367 e. The van der Waals surface area contributed by atoms with Crippen molar-refractivity contribution in [1.29, 1.82) is 0 Å². The fourth-order valence-electron chi connectivity index (χ4n) is 1.93. The van der Waals surface area contributed by atoms with Gasteiger partial charge >= 0.3 is 0 Å². The smallest absolute Gasteiger partial charge is 0.230 e. The van der Waals surface area contributed by atoms with Crippen LogP contribution < -0.4 is 5.73 Å². The standard InChI is InChI=1S/C14H12N4O/c1-9-2-4-10(5-3-9)12-13(18-19-14(12)15)11-6-7-16-17-8-11/h2-8H,15H2,1H3. The average molecular weight is 252 g/mol. The third kappa shape index (κ3) is 2.06. The summed E-state index contributed by atoms with van der Waals surface area (Å²) in [6.45, 7) is 2.04. The lowest BCUT2D eigenvalue weighted by Gasteiger charge is -2.02. The summed E-state index contributed by atoms with van der Waals surface area (Å²) in [6, 6.07) is 9.86. The van der Waals surface area contributed by atoms with Crippen LogP contribution in [0, 0.1) is 6.92 Å². The minimum atomic E-state index is 0.302. The van der Waals surface area contributed by atoms with Crippen molar-refractivity contribution in [3.63, 3.8) is 0 Å². The Morgan fingerprint density at radius 1 is 1.00 bits per heavy atom. The SMILES string of the molecule is Cc1ccc(-c2c(-c3ccnnc3)noc2N)cc1. The van der Waals surface area contributed by atoms with E-state index in [0.717, 1.165) is 16.7 Å². The van der Waals surface area contributed by atoms with E-state index in [-0.39, 0.29) is 0 Å². The largest absolute Gasteiger partial charge is 0.367 e. The van der Waals surface area contributed by atoms with E-state index in [1.165, 1.54) is 5.56 Å². The number of hydrogen-bond acceptors (Lipinski definition) is 5. The lowest BCUT2D eigenvalue weighted by molar-refractivity contribution is 0.439. The van der Waals surface area contributed by atoms with Crippen LogP contribution in [0.3, 0.4) is 0 Å². The molecule has 2 N–H and O–H groups in total. The van der Waals surface area contributed by atoms with E-state index in [9.17, 15) is 0 Å². The van der Waals surface area contributed by atoms with Crippen molar-refractivity contribution >= 4 is 5.88 Å². The molecular weight excluding hydrogens is 240 g/mol. The Bertz CT molecular complexity index is 689. The van der Waals surface area contributed by atoms with E-state index >= 15 is 0 Å². The van der Waals surface area contributed by atoms with E-state index < -0.39 is 0 Å². The van der Waals surface area contributed by atoms with Gasteiger partial charge in [0.1, 0.15) is 5.69 Å². The highest BCUT2D eigenvalue weighted by Gasteiger charge is 2.17. The van der Waals surface area contributed by atoms with E-state index in [2.05, 4.69) is 15.4 Å². The zero-order valence-electron chi connectivity index (χ0n) is 10.4. The fourth-order valence-corrected chi connectivity index (χ4v) is 1.93. The second-order valence-electron chi connectivity index (χ2n) is 4.27. The third-order valence-electron chi connectivity index (χ3n) is 2.92. The summed E-state index contributed by atoms with van der Waals surface area (Å²) in [7, 11) is 0. The first kappa shape index (κ1) is 11.4. The zero-order valence-corrected chi connectivity index (χ0v) is 10.4. The maximum absolute atomic E-state index is 5.88. The highest BCUT2D eigenvalue weighted by atomic mass is 16.5. The predicted octanol–water partition coefficient (Wildman–Crippen LogP) is 2.69. The van der Waals surface area contributed by atoms with Gasteiger partial charge in [-0.05, 0) is 18.6 Å². The lowest BCUT2D eigenvalue weighted by atomic mass is 10.0. The van der Waals surface area contributed by atoms with Gasteiger partial charge < -0.3 is 10.3 Å². The molecule has 0 amide bonds. The molecule has 0 radical (unpaired) electrons. The Balaban J connectivity index is 2.17. The highest BCUT2D eigenvalue weighted by molar-refractivity contribution is 5.86. The molecule has 0 saturated heterocycles. The van der Waals surface area contributed by atoms with Crippen LogP contribution in [0.4, 0.5) is 5.88 Å². The Hall–Kier alpha value is -2.69. The molecule has 0 aliphatic rings. The summed E-state index contributed by atoms with van der Waals surface area (Å²) in [5, 5.41) is 11.6. The minimum absolute atomic E-state index is 0.302. The Labute approximate surface area is 110 Å². The van der Waals surface area contributed by atoms with Gasteiger partial charge in [-0.2, -0.15) is 10.2 Å². The molecule has 5 heteroatoms. The second kappa shape index (κ2) is 4.53. The van der Waals surface area contributed by atoms with Crippen LogP contribution in [-0.2, 0) is 0 Å². The normalized spacial score (nSPS) is 10.6. The molecule has 3 rings (SSSR count). The summed E-state index contributed by atoms with van der Waals surface area (Å²) >= 11 is 0. The molecule has 0 bridgehead atoms. The molecule has 0 atom stereocenters. The van der Waals surface area contributed by atoms with Crippen molar-refractivity contribution in [2.24, 2.45) is 0 Å². The summed E-state index contributed by atoms with van der Waals surface area (Å²) in [6.07, 6.45) is 3.24. The third-order valence-corrected chi connectivity index (χ3v) is 2.92. The number of aryl methyl sites for hydroxylation is 1. The molecule has 0 saturated carbocycles. The second-order valence-corrected chi connectivity index (χ2v) is 4.27. The van der Waals surface area contributed by atoms with Crippen molar-refractivity contribution in [1.82, 2.24) is 15.4 Å². The number of nitrogens with two attached hydrogens (primary N) is 1. The molecule has 3 aromatic rings. The van der Waals surface area contributed by atoms with Crippen LogP contribution in [0.15, 0.2) is 47.2 Å². The number of aromatic nitrogens is 3. The van der Waals surface area contributed by atoms with Crippen molar-refractivity contribution in [3.8, 4) is 22.4 Å². The van der Waals surface area contributed by atoms with Crippen LogP contribution in [0.2, 0.25) is 0 Å². The van der Waals surface area contributed by atoms with E-state index in [1.54, 1.807) is 12.4 Å². The molecule has 0 fully saturated rings. The van der Waals surface area contributed by atoms with Gasteiger partial charge in [0.05, 0.1) is 18.0 Å². The first-order valence-electron chi connectivity index (χ1n) is 5.85. The Morgan fingerprint density at radius 3 is 2.47 bits per heavy atom. The predicted molar refractivity (Wildman–Crippen MR) is 72.1 cm³/mol. The molecule has 5 nitrogen and oxygen atoms in total. The summed E-state index contributed by atoms with van der Waals surface area (Å²) in [5.41, 5.74) is 10.3. The molecule has 94 valence electrons. The van der Waals surface area contributed by atoms with Crippen LogP contribution in [-0.4, -0.2) is 15.4 Å². The monoisotopic (exact) mass is 252 g/mol. The van der Waals surface area contributed by atoms with Crippen LogP contribution >= 0.6 is 0 Å². The van der Waals surface area contributed by atoms with Gasteiger partial charge in [0.15, 0.2) is 0 Å². The van der Waals surface area contributed by atoms with Crippen LogP contribution in [0.25, 0.3) is 22.4 Å². The molecule has 19 heavy (non-hydrogen) atoms. The molecule has 2 heterocycles. The molecule has 0 aliphatic carbocycles. The molecule has 0 aliphatic heterocycles. The lowest BCUT2D eigenvalue weighted by Crippen LogP contribution is -1.89. The molecule has 0 unspecified atom stereocenters. The molecule has 2 aromatic heterocycles. The first-order valence-corrected chi connectivity index (χ1v) is 5.85. The maximum atomic E-state index is 5.88. The van der Waals surface area contributed by atoms with E-state index in [1.807, 2.05) is 37.3 Å². The average Bonchev–Trinajstić information content (AvgIpc) is 2.83. The number of benzene rings is 1. The van der Waals surface area contributed by atoms with E-state index in [0.29, 0.717) is 11.6 Å². The zero-order chi connectivity index (χ0) is 13.2. The van der Waals surface area contributed by atoms with Crippen molar-refractivity contribution in [2.75, 3.05) is 5.73 Å². The molecule has 1 aromatic carbocycles. The van der Waals surface area contributed by atoms with E-state index in [4.69, 9.17) is 10.3 Å². The van der Waals surface area contributed by atoms with Crippen molar-refractivity contribution < 1.29 is 4.52 Å². The van der Waals surface area contributed by atoms with Crippen LogP contribution in [0.1, 0.15) is 5.56 Å². The number of rotatable bonds is 2. The topological polar surface area (TPSA) is 77.8 Å². The van der Waals surface area contributed by atoms with Gasteiger partial charge in [-0.25, -0.2) is 0 Å². The van der Waals surface area contributed by atoms with Gasteiger partial charge in [-0.1, -0.05) is 35.0 Å². The van der Waals surface area contributed by atoms with Gasteiger partial charge in [-0.15, -0.1) is 0 Å². The van der Waals surface area contributed by atoms with Gasteiger partial charge in [0.2, 0.25) is 5.88 Å². The summed E-state index contributed by atoms with van der Waals surface area (Å²) < 4.78 is 5.11. The highest BCUT2D eigenvalue weighted by Crippen LogP contribution is 2.35. The van der Waals surface area contributed by atoms with Gasteiger partial charge in [0.25, 0.3) is 0 Å². The van der Waals surface area contributed by atoms with Crippen molar-refractivity contribution in [2.45, 2.75) is 6.92 Å². The number of nitrogens with zero attached hydrogens (tertiary/aromatic N) is 3. The Kier molecular flexibility index (Phi) is 2.72. The number of hydrogen-bond donors (Lipinski definition) is 1. The Morgan fingerprint density at radius 2 is 1.79 bits per heavy atom. The van der Waals surface area contributed by atoms with Crippen LogP contribution in [0.5, 0.6) is 0 Å². The number of nitrogen functional groups attached to an aromatic ring is 1. The van der Waals surface area contributed by atoms with Gasteiger partial charge in [0, 0.05) is 5.56 Å². The fraction of sp³-hybridized carbons (Fsp3) is 0.0714. The first-order chi connectivity index (χ1) is 9.25. The van der Waals surface area contributed by atoms with Gasteiger partial charge in [-0.3, -0.25) is 0 Å². The summed E-state index contributed by atoms with van der Waals surface area (Å²) in [4.78, 5) is 0. The maximum Gasteiger partial charge on any atom is 0.230 e. The number of anilines is 1. The van der Waals surface area contributed by atoms with Crippen molar-refractivity contribution in [3.05, 3.63) is 48.3 Å². The summed E-state index contributed by atoms with van der Waals surface area (Å²) in [5.74, 6) is 0.302. The molecule has 0 spiro atoms. The molecular formula is C14H12N4O. The quantitative estimate of drug-likeness (QED) is 0.758.